The number of nitrogens with one attached hydrogen (secondary N) is 1. The second-order valence-corrected chi connectivity index (χ2v) is 5.18. The predicted molar refractivity (Wildman–Crippen MR) is 79.9 cm³/mol. The van der Waals surface area contributed by atoms with Crippen molar-refractivity contribution in [1.29, 1.82) is 0 Å². The molecule has 2 N–H and O–H groups in total. The molecule has 0 aliphatic carbocycles. The number of amides is 1. The van der Waals surface area contributed by atoms with Crippen molar-refractivity contribution in [3.05, 3.63) is 70.0 Å². The Morgan fingerprint density at radius 2 is 2.10 bits per heavy atom. The van der Waals surface area contributed by atoms with E-state index in [1.807, 2.05) is 13.0 Å². The number of aliphatic hydroxyl groups excluding tert-OH is 1. The number of carbonyl (C=O) groups excluding carboxylic acids is 1. The fourth-order valence-corrected chi connectivity index (χ4v) is 2.03. The molecule has 1 atom stereocenters. The van der Waals surface area contributed by atoms with Gasteiger partial charge in [-0.2, -0.15) is 0 Å². The number of hydrogen-bond acceptors (Lipinski definition) is 2. The Morgan fingerprint density at radius 3 is 2.76 bits per heavy atom. The molecule has 2 aromatic rings. The van der Waals surface area contributed by atoms with Crippen LogP contribution in [0, 0.1) is 12.7 Å². The van der Waals surface area contributed by atoms with Crippen LogP contribution in [0.2, 0.25) is 5.02 Å². The Bertz CT molecular complexity index is 660. The number of aliphatic hydroxyl groups is 1. The van der Waals surface area contributed by atoms with Gasteiger partial charge in [-0.25, -0.2) is 4.39 Å². The van der Waals surface area contributed by atoms with Crippen molar-refractivity contribution in [3.8, 4) is 0 Å². The highest BCUT2D eigenvalue weighted by Gasteiger charge is 2.12. The summed E-state index contributed by atoms with van der Waals surface area (Å²) in [5.74, 6) is -0.884. The number of hydrogen-bond donors (Lipinski definition) is 2. The molecule has 0 fully saturated rings. The van der Waals surface area contributed by atoms with E-state index in [-0.39, 0.29) is 17.5 Å². The van der Waals surface area contributed by atoms with Crippen LogP contribution in [0.3, 0.4) is 0 Å². The third-order valence-corrected chi connectivity index (χ3v) is 3.37. The Hall–Kier alpha value is -1.91. The molecule has 0 aromatic heterocycles. The largest absolute Gasteiger partial charge is 0.387 e. The highest BCUT2D eigenvalue weighted by molar-refractivity contribution is 6.30. The van der Waals surface area contributed by atoms with E-state index in [9.17, 15) is 14.3 Å². The van der Waals surface area contributed by atoms with Crippen molar-refractivity contribution in [3.63, 3.8) is 0 Å². The van der Waals surface area contributed by atoms with Gasteiger partial charge in [0.15, 0.2) is 0 Å². The maximum Gasteiger partial charge on any atom is 0.251 e. The number of rotatable bonds is 4. The third-order valence-electron chi connectivity index (χ3n) is 3.06. The van der Waals surface area contributed by atoms with Gasteiger partial charge in [-0.1, -0.05) is 35.4 Å². The lowest BCUT2D eigenvalue weighted by atomic mass is 10.1. The van der Waals surface area contributed by atoms with Crippen molar-refractivity contribution in [2.24, 2.45) is 0 Å². The lowest BCUT2D eigenvalue weighted by Crippen LogP contribution is -2.28. The van der Waals surface area contributed by atoms with Crippen molar-refractivity contribution in [2.75, 3.05) is 6.54 Å². The third kappa shape index (κ3) is 4.03. The molecule has 0 aliphatic heterocycles. The van der Waals surface area contributed by atoms with Crippen molar-refractivity contribution in [2.45, 2.75) is 13.0 Å². The first-order valence-electron chi connectivity index (χ1n) is 6.45. The van der Waals surface area contributed by atoms with Gasteiger partial charge in [0.1, 0.15) is 5.82 Å². The maximum absolute atomic E-state index is 13.3. The van der Waals surface area contributed by atoms with Gasteiger partial charge in [-0.05, 0) is 36.8 Å². The molecule has 2 rings (SSSR count). The quantitative estimate of drug-likeness (QED) is 0.911. The Labute approximate surface area is 127 Å². The summed E-state index contributed by atoms with van der Waals surface area (Å²) < 4.78 is 13.3. The number of carbonyl (C=O) groups is 1. The van der Waals surface area contributed by atoms with E-state index < -0.39 is 11.9 Å². The second kappa shape index (κ2) is 6.70. The van der Waals surface area contributed by atoms with Crippen LogP contribution in [0.5, 0.6) is 0 Å². The first kappa shape index (κ1) is 15.5. The van der Waals surface area contributed by atoms with Gasteiger partial charge in [-0.3, -0.25) is 4.79 Å². The summed E-state index contributed by atoms with van der Waals surface area (Å²) in [7, 11) is 0. The maximum atomic E-state index is 13.3. The molecule has 21 heavy (non-hydrogen) atoms. The fourth-order valence-electron chi connectivity index (χ4n) is 1.92. The lowest BCUT2D eigenvalue weighted by molar-refractivity contribution is 0.0916. The zero-order valence-electron chi connectivity index (χ0n) is 11.4. The van der Waals surface area contributed by atoms with Crippen LogP contribution in [-0.4, -0.2) is 17.6 Å². The SMILES string of the molecule is Cc1cccc(C(=O)NCC(O)c2ccc(Cl)c(F)c2)c1. The molecule has 3 nitrogen and oxygen atoms in total. The van der Waals surface area contributed by atoms with Gasteiger partial charge in [0.2, 0.25) is 0 Å². The summed E-state index contributed by atoms with van der Waals surface area (Å²) in [6, 6.07) is 11.2. The van der Waals surface area contributed by atoms with Gasteiger partial charge in [0, 0.05) is 12.1 Å². The first-order chi connectivity index (χ1) is 9.97. The Kier molecular flexibility index (Phi) is 4.94. The monoisotopic (exact) mass is 307 g/mol. The van der Waals surface area contributed by atoms with E-state index >= 15 is 0 Å². The van der Waals surface area contributed by atoms with Crippen molar-refractivity contribution >= 4 is 17.5 Å². The molecule has 1 amide bonds. The van der Waals surface area contributed by atoms with Crippen LogP contribution in [0.1, 0.15) is 27.6 Å². The molecule has 0 aliphatic rings. The molecule has 0 saturated carbocycles. The summed E-state index contributed by atoms with van der Waals surface area (Å²) in [4.78, 5) is 11.9. The van der Waals surface area contributed by atoms with Gasteiger partial charge < -0.3 is 10.4 Å². The summed E-state index contributed by atoms with van der Waals surface area (Å²) in [6.07, 6.45) is -0.995. The minimum absolute atomic E-state index is 0.00486. The van der Waals surface area contributed by atoms with Crippen molar-refractivity contribution < 1.29 is 14.3 Å². The van der Waals surface area contributed by atoms with E-state index in [0.29, 0.717) is 11.1 Å². The van der Waals surface area contributed by atoms with Gasteiger partial charge >= 0.3 is 0 Å². The topological polar surface area (TPSA) is 49.3 Å². The zero-order valence-corrected chi connectivity index (χ0v) is 12.2. The smallest absolute Gasteiger partial charge is 0.251 e. The summed E-state index contributed by atoms with van der Waals surface area (Å²) in [6.45, 7) is 1.88. The number of aryl methyl sites for hydroxylation is 1. The summed E-state index contributed by atoms with van der Waals surface area (Å²) in [5.41, 5.74) is 1.86. The van der Waals surface area contributed by atoms with Crippen LogP contribution < -0.4 is 5.32 Å². The van der Waals surface area contributed by atoms with E-state index in [2.05, 4.69) is 5.32 Å². The molecule has 0 spiro atoms. The molecule has 0 heterocycles. The standard InChI is InChI=1S/C16H15ClFNO2/c1-10-3-2-4-12(7-10)16(21)19-9-15(20)11-5-6-13(17)14(18)8-11/h2-8,15,20H,9H2,1H3,(H,19,21). The molecular formula is C16H15ClFNO2. The minimum Gasteiger partial charge on any atom is -0.387 e. The molecule has 0 radical (unpaired) electrons. The zero-order chi connectivity index (χ0) is 15.4. The van der Waals surface area contributed by atoms with Crippen LogP contribution in [0.15, 0.2) is 42.5 Å². The summed E-state index contributed by atoms with van der Waals surface area (Å²) in [5, 5.41) is 12.6. The molecule has 0 bridgehead atoms. The second-order valence-electron chi connectivity index (χ2n) is 4.77. The van der Waals surface area contributed by atoms with Crippen LogP contribution in [0.25, 0.3) is 0 Å². The minimum atomic E-state index is -0.995. The summed E-state index contributed by atoms with van der Waals surface area (Å²) >= 11 is 5.58. The van der Waals surface area contributed by atoms with E-state index in [4.69, 9.17) is 11.6 Å². The van der Waals surface area contributed by atoms with Gasteiger partial charge in [0.05, 0.1) is 11.1 Å². The lowest BCUT2D eigenvalue weighted by Gasteiger charge is -2.13. The molecule has 5 heteroatoms. The molecule has 1 unspecified atom stereocenters. The fraction of sp³-hybridized carbons (Fsp3) is 0.188. The van der Waals surface area contributed by atoms with Crippen LogP contribution in [-0.2, 0) is 0 Å². The average Bonchev–Trinajstić information content (AvgIpc) is 2.47. The van der Waals surface area contributed by atoms with Crippen LogP contribution in [0.4, 0.5) is 4.39 Å². The predicted octanol–water partition coefficient (Wildman–Crippen LogP) is 3.25. The molecule has 110 valence electrons. The first-order valence-corrected chi connectivity index (χ1v) is 6.83. The van der Waals surface area contributed by atoms with E-state index in [0.717, 1.165) is 11.6 Å². The van der Waals surface area contributed by atoms with Gasteiger partial charge in [0.25, 0.3) is 5.91 Å². The van der Waals surface area contributed by atoms with E-state index in [1.54, 1.807) is 18.2 Å². The van der Waals surface area contributed by atoms with Gasteiger partial charge in [-0.15, -0.1) is 0 Å². The highest BCUT2D eigenvalue weighted by atomic mass is 35.5. The molecular weight excluding hydrogens is 293 g/mol. The van der Waals surface area contributed by atoms with E-state index in [1.165, 1.54) is 12.1 Å². The average molecular weight is 308 g/mol. The molecule has 2 aromatic carbocycles. The number of halogens is 2. The Morgan fingerprint density at radius 1 is 1.33 bits per heavy atom. The molecule has 0 saturated heterocycles. The Balaban J connectivity index is 1.99. The highest BCUT2D eigenvalue weighted by Crippen LogP contribution is 2.20. The van der Waals surface area contributed by atoms with Crippen LogP contribution >= 0.6 is 11.6 Å². The van der Waals surface area contributed by atoms with Crippen molar-refractivity contribution in [1.82, 2.24) is 5.32 Å². The normalized spacial score (nSPS) is 12.0. The number of benzene rings is 2.